The number of nitrogens with zero attached hydrogens (tertiary/aromatic N) is 3. The fourth-order valence-electron chi connectivity index (χ4n) is 5.09. The van der Waals surface area contributed by atoms with Gasteiger partial charge in [0.2, 0.25) is 5.91 Å². The van der Waals surface area contributed by atoms with E-state index >= 15 is 0 Å². The second kappa shape index (κ2) is 7.64. The number of piperidine rings is 2. The summed E-state index contributed by atoms with van der Waals surface area (Å²) in [5.74, 6) is 0.206. The zero-order valence-electron chi connectivity index (χ0n) is 16.4. The quantitative estimate of drug-likeness (QED) is 0.882. The Morgan fingerprint density at radius 3 is 2.89 bits per heavy atom. The molecule has 1 spiro atoms. The van der Waals surface area contributed by atoms with Crippen LogP contribution in [0.3, 0.4) is 0 Å². The van der Waals surface area contributed by atoms with Crippen molar-refractivity contribution in [3.8, 4) is 0 Å². The van der Waals surface area contributed by atoms with E-state index in [1.165, 1.54) is 29.3 Å². The third kappa shape index (κ3) is 3.76. The summed E-state index contributed by atoms with van der Waals surface area (Å²) in [5, 5.41) is 10.6. The van der Waals surface area contributed by atoms with Crippen molar-refractivity contribution in [2.24, 2.45) is 5.41 Å². The number of aryl methyl sites for hydroxylation is 1. The zero-order valence-corrected chi connectivity index (χ0v) is 16.4. The minimum atomic E-state index is 0.0585. The highest BCUT2D eigenvalue weighted by molar-refractivity contribution is 5.80. The molecule has 5 nitrogen and oxygen atoms in total. The molecule has 1 atom stereocenters. The molecule has 1 aromatic carbocycles. The van der Waals surface area contributed by atoms with Crippen LogP contribution in [-0.2, 0) is 17.9 Å². The van der Waals surface area contributed by atoms with Gasteiger partial charge in [-0.3, -0.25) is 9.69 Å². The van der Waals surface area contributed by atoms with Crippen molar-refractivity contribution in [3.63, 3.8) is 0 Å². The summed E-state index contributed by atoms with van der Waals surface area (Å²) in [6.07, 6.45) is 6.17. The van der Waals surface area contributed by atoms with Gasteiger partial charge in [0.15, 0.2) is 0 Å². The van der Waals surface area contributed by atoms with Gasteiger partial charge in [-0.1, -0.05) is 6.07 Å². The Bertz CT molecular complexity index is 815. The van der Waals surface area contributed by atoms with Crippen molar-refractivity contribution in [1.82, 2.24) is 14.4 Å². The summed E-state index contributed by atoms with van der Waals surface area (Å²) >= 11 is 0. The topological polar surface area (TPSA) is 48.7 Å². The lowest BCUT2D eigenvalue weighted by Crippen LogP contribution is -2.54. The summed E-state index contributed by atoms with van der Waals surface area (Å²) in [6, 6.07) is 9.04. The van der Waals surface area contributed by atoms with Crippen LogP contribution in [0.15, 0.2) is 30.5 Å². The molecule has 0 bridgehead atoms. The van der Waals surface area contributed by atoms with E-state index in [9.17, 15) is 9.90 Å². The van der Waals surface area contributed by atoms with Crippen molar-refractivity contribution in [2.75, 3.05) is 32.8 Å². The summed E-state index contributed by atoms with van der Waals surface area (Å²) in [4.78, 5) is 16.6. The van der Waals surface area contributed by atoms with Gasteiger partial charge in [-0.15, -0.1) is 0 Å². The van der Waals surface area contributed by atoms with Crippen LogP contribution >= 0.6 is 0 Å². The maximum atomic E-state index is 12.1. The number of aliphatic hydroxyl groups is 1. The zero-order chi connectivity index (χ0) is 18.9. The van der Waals surface area contributed by atoms with Gasteiger partial charge in [0.1, 0.15) is 0 Å². The average molecular weight is 370 g/mol. The van der Waals surface area contributed by atoms with E-state index in [0.717, 1.165) is 39.1 Å². The van der Waals surface area contributed by atoms with Crippen LogP contribution in [0.1, 0.15) is 38.2 Å². The molecular weight excluding hydrogens is 338 g/mol. The molecule has 5 heteroatoms. The Hall–Kier alpha value is -1.85. The van der Waals surface area contributed by atoms with Crippen molar-refractivity contribution in [3.05, 3.63) is 36.0 Å². The van der Waals surface area contributed by atoms with Gasteiger partial charge in [0.05, 0.1) is 6.61 Å². The number of benzene rings is 1. The maximum Gasteiger partial charge on any atom is 0.222 e. The summed E-state index contributed by atoms with van der Waals surface area (Å²) < 4.78 is 2.28. The Morgan fingerprint density at radius 2 is 2.07 bits per heavy atom. The molecule has 0 unspecified atom stereocenters. The first-order chi connectivity index (χ1) is 13.1. The third-order valence-corrected chi connectivity index (χ3v) is 6.44. The predicted octanol–water partition coefficient (Wildman–Crippen LogP) is 2.86. The first-order valence-electron chi connectivity index (χ1n) is 10.3. The van der Waals surface area contributed by atoms with Gasteiger partial charge in [0.25, 0.3) is 0 Å². The number of aliphatic hydroxyl groups excluding tert-OH is 1. The molecule has 0 aliphatic carbocycles. The van der Waals surface area contributed by atoms with E-state index in [4.69, 9.17) is 0 Å². The molecule has 2 aliphatic heterocycles. The largest absolute Gasteiger partial charge is 0.395 e. The molecule has 2 aliphatic rings. The number of aromatic nitrogens is 1. The first kappa shape index (κ1) is 18.5. The van der Waals surface area contributed by atoms with E-state index in [-0.39, 0.29) is 17.9 Å². The number of likely N-dealkylation sites (tertiary alicyclic amines) is 2. The number of carbonyl (C=O) groups is 1. The van der Waals surface area contributed by atoms with Gasteiger partial charge in [-0.05, 0) is 61.9 Å². The van der Waals surface area contributed by atoms with Gasteiger partial charge in [0, 0.05) is 56.3 Å². The molecule has 1 N–H and O–H groups in total. The Kier molecular flexibility index (Phi) is 5.24. The van der Waals surface area contributed by atoms with E-state index < -0.39 is 0 Å². The fraction of sp³-hybridized carbons (Fsp3) is 0.591. The minimum Gasteiger partial charge on any atom is -0.395 e. The number of carbonyl (C=O) groups excluding carboxylic acids is 1. The lowest BCUT2D eigenvalue weighted by Gasteiger charge is -2.48. The molecule has 0 saturated carbocycles. The van der Waals surface area contributed by atoms with Crippen LogP contribution in [-0.4, -0.2) is 58.2 Å². The van der Waals surface area contributed by atoms with E-state index in [1.54, 1.807) is 0 Å². The van der Waals surface area contributed by atoms with Gasteiger partial charge < -0.3 is 14.6 Å². The van der Waals surface area contributed by atoms with Crippen molar-refractivity contribution >= 4 is 16.8 Å². The number of hydrogen-bond acceptors (Lipinski definition) is 3. The molecule has 27 heavy (non-hydrogen) atoms. The normalized spacial score (nSPS) is 24.2. The van der Waals surface area contributed by atoms with Crippen LogP contribution in [0.2, 0.25) is 0 Å². The SMILES string of the molecule is CCn1ccc2cc(CN3CCC[C@]4(CCC(=O)N(CCO)C4)C3)ccc21. The lowest BCUT2D eigenvalue weighted by atomic mass is 9.73. The molecule has 1 aromatic heterocycles. The average Bonchev–Trinajstić information content (AvgIpc) is 3.08. The third-order valence-electron chi connectivity index (χ3n) is 6.44. The highest BCUT2D eigenvalue weighted by Crippen LogP contribution is 2.39. The fourth-order valence-corrected chi connectivity index (χ4v) is 5.09. The molecule has 2 aromatic rings. The first-order valence-corrected chi connectivity index (χ1v) is 10.3. The van der Waals surface area contributed by atoms with Crippen LogP contribution in [0.5, 0.6) is 0 Å². The van der Waals surface area contributed by atoms with E-state index in [1.807, 2.05) is 4.90 Å². The molecule has 0 radical (unpaired) electrons. The monoisotopic (exact) mass is 369 g/mol. The van der Waals surface area contributed by atoms with E-state index in [0.29, 0.717) is 13.0 Å². The Labute approximate surface area is 161 Å². The molecular formula is C22H31N3O2. The standard InChI is InChI=1S/C22H31N3O2/c1-2-24-11-7-19-14-18(4-5-20(19)24)15-23-10-3-8-22(16-23)9-6-21(27)25(17-22)12-13-26/h4-5,7,11,14,26H,2-3,6,8-10,12-13,15-17H2,1H3/t22-/m0/s1. The van der Waals surface area contributed by atoms with Gasteiger partial charge in [-0.2, -0.15) is 0 Å². The predicted molar refractivity (Wildman–Crippen MR) is 107 cm³/mol. The second-order valence-electron chi connectivity index (χ2n) is 8.35. The van der Waals surface area contributed by atoms with Gasteiger partial charge >= 0.3 is 0 Å². The van der Waals surface area contributed by atoms with Crippen LogP contribution in [0, 0.1) is 5.41 Å². The molecule has 2 fully saturated rings. The highest BCUT2D eigenvalue weighted by atomic mass is 16.3. The number of rotatable bonds is 5. The summed E-state index contributed by atoms with van der Waals surface area (Å²) in [7, 11) is 0. The smallest absolute Gasteiger partial charge is 0.222 e. The number of fused-ring (bicyclic) bond motifs is 1. The minimum absolute atomic E-state index is 0.0585. The lowest BCUT2D eigenvalue weighted by molar-refractivity contribution is -0.140. The van der Waals surface area contributed by atoms with Crippen molar-refractivity contribution < 1.29 is 9.90 Å². The summed E-state index contributed by atoms with van der Waals surface area (Å²) in [5.41, 5.74) is 2.88. The molecule has 3 heterocycles. The van der Waals surface area contributed by atoms with E-state index in [2.05, 4.69) is 46.9 Å². The Morgan fingerprint density at radius 1 is 1.19 bits per heavy atom. The van der Waals surface area contributed by atoms with Gasteiger partial charge in [-0.25, -0.2) is 0 Å². The number of hydrogen-bond donors (Lipinski definition) is 1. The molecule has 1 amide bonds. The van der Waals surface area contributed by atoms with Crippen LogP contribution < -0.4 is 0 Å². The van der Waals surface area contributed by atoms with Crippen LogP contribution in [0.4, 0.5) is 0 Å². The number of amides is 1. The highest BCUT2D eigenvalue weighted by Gasteiger charge is 2.41. The molecule has 2 saturated heterocycles. The van der Waals surface area contributed by atoms with Crippen molar-refractivity contribution in [1.29, 1.82) is 0 Å². The molecule has 146 valence electrons. The maximum absolute atomic E-state index is 12.1. The molecule has 4 rings (SSSR count). The number of β-amino-alcohol motifs (C(OH)–C–C–N with tert-alkyl or cyclic N) is 1. The van der Waals surface area contributed by atoms with Crippen LogP contribution in [0.25, 0.3) is 10.9 Å². The Balaban J connectivity index is 1.46. The van der Waals surface area contributed by atoms with Crippen molar-refractivity contribution in [2.45, 2.75) is 45.7 Å². The second-order valence-corrected chi connectivity index (χ2v) is 8.35. The summed E-state index contributed by atoms with van der Waals surface area (Å²) in [6.45, 7) is 7.68.